The molecule has 0 spiro atoms. The van der Waals surface area contributed by atoms with Crippen molar-refractivity contribution >= 4 is 33.4 Å². The molecule has 1 amide bonds. The molecule has 0 saturated heterocycles. The number of rotatable bonds is 10. The number of nitrogens with zero attached hydrogens (tertiary/aromatic N) is 1. The molecule has 1 N–H and O–H groups in total. The zero-order chi connectivity index (χ0) is 22.1. The van der Waals surface area contributed by atoms with Crippen LogP contribution >= 0.6 is 15.9 Å². The molecule has 0 aromatic heterocycles. The number of carboxylic acids is 1. The molecule has 0 atom stereocenters. The van der Waals surface area contributed by atoms with E-state index < -0.39 is 12.6 Å². The Morgan fingerprint density at radius 3 is 2.40 bits per heavy atom. The van der Waals surface area contributed by atoms with Crippen LogP contribution in [0.5, 0.6) is 11.5 Å². The number of carbonyl (C=O) groups excluding carboxylic acids is 1. The lowest BCUT2D eigenvalue weighted by molar-refractivity contribution is -0.139. The van der Waals surface area contributed by atoms with Crippen molar-refractivity contribution in [2.24, 2.45) is 0 Å². The van der Waals surface area contributed by atoms with Gasteiger partial charge in [0, 0.05) is 29.2 Å². The van der Waals surface area contributed by atoms with Gasteiger partial charge in [0.15, 0.2) is 18.1 Å². The lowest BCUT2D eigenvalue weighted by Gasteiger charge is -2.17. The number of ether oxygens (including phenoxy) is 2. The quantitative estimate of drug-likeness (QED) is 0.501. The number of benzene rings is 2. The molecular formula is C23H26BrNO5. The second kappa shape index (κ2) is 11.4. The Morgan fingerprint density at radius 2 is 1.77 bits per heavy atom. The molecule has 0 heterocycles. The van der Waals surface area contributed by atoms with Gasteiger partial charge in [-0.3, -0.25) is 4.79 Å². The fourth-order valence-electron chi connectivity index (χ4n) is 2.79. The van der Waals surface area contributed by atoms with E-state index in [1.807, 2.05) is 51.1 Å². The van der Waals surface area contributed by atoms with Gasteiger partial charge in [0.1, 0.15) is 6.61 Å². The van der Waals surface area contributed by atoms with E-state index in [0.29, 0.717) is 31.2 Å². The highest BCUT2D eigenvalue weighted by Crippen LogP contribution is 2.32. The van der Waals surface area contributed by atoms with Crippen molar-refractivity contribution in [1.29, 1.82) is 0 Å². The Balaban J connectivity index is 2.27. The van der Waals surface area contributed by atoms with Gasteiger partial charge in [-0.05, 0) is 50.1 Å². The SMILES string of the molecule is CCN(CC)C(=O)/C=C(/C)c1ccc(OCc2ccccc2Br)c(OCC(=O)O)c1. The molecule has 30 heavy (non-hydrogen) atoms. The van der Waals surface area contributed by atoms with E-state index >= 15 is 0 Å². The first-order valence-corrected chi connectivity index (χ1v) is 10.5. The third-order valence-corrected chi connectivity index (χ3v) is 5.28. The molecule has 7 heteroatoms. The number of allylic oxidation sites excluding steroid dienone is 1. The van der Waals surface area contributed by atoms with Crippen LogP contribution in [-0.2, 0) is 16.2 Å². The zero-order valence-corrected chi connectivity index (χ0v) is 18.9. The topological polar surface area (TPSA) is 76.1 Å². The third kappa shape index (κ3) is 6.62. The maximum atomic E-state index is 12.4. The van der Waals surface area contributed by atoms with E-state index in [9.17, 15) is 9.59 Å². The third-order valence-electron chi connectivity index (χ3n) is 4.51. The van der Waals surface area contributed by atoms with E-state index in [1.54, 1.807) is 23.1 Å². The first kappa shape index (κ1) is 23.5. The van der Waals surface area contributed by atoms with Crippen LogP contribution < -0.4 is 9.47 Å². The molecule has 0 aliphatic heterocycles. The highest BCUT2D eigenvalue weighted by molar-refractivity contribution is 9.10. The molecule has 2 rings (SSSR count). The molecule has 0 bridgehead atoms. The molecule has 0 unspecified atom stereocenters. The van der Waals surface area contributed by atoms with Gasteiger partial charge in [-0.1, -0.05) is 40.2 Å². The Labute approximate surface area is 185 Å². The maximum Gasteiger partial charge on any atom is 0.341 e. The number of aliphatic carboxylic acids is 1. The lowest BCUT2D eigenvalue weighted by Crippen LogP contribution is -2.28. The summed E-state index contributed by atoms with van der Waals surface area (Å²) in [5, 5.41) is 8.99. The Bertz CT molecular complexity index is 922. The van der Waals surface area contributed by atoms with Crippen LogP contribution in [0.3, 0.4) is 0 Å². The Kier molecular flexibility index (Phi) is 8.92. The van der Waals surface area contributed by atoms with E-state index in [0.717, 1.165) is 21.2 Å². The normalized spacial score (nSPS) is 11.1. The number of carbonyl (C=O) groups is 2. The van der Waals surface area contributed by atoms with Gasteiger partial charge in [-0.25, -0.2) is 4.79 Å². The van der Waals surface area contributed by atoms with Crippen molar-refractivity contribution in [3.05, 3.63) is 64.1 Å². The standard InChI is InChI=1S/C23H26BrNO5/c1-4-25(5-2)22(26)12-16(3)17-10-11-20(21(13-17)30-15-23(27)28)29-14-18-8-6-7-9-19(18)24/h6-13H,4-5,14-15H2,1-3H3,(H,27,28)/b16-12-. The van der Waals surface area contributed by atoms with Crippen molar-refractivity contribution < 1.29 is 24.2 Å². The summed E-state index contributed by atoms with van der Waals surface area (Å²) < 4.78 is 12.2. The summed E-state index contributed by atoms with van der Waals surface area (Å²) >= 11 is 3.48. The fraction of sp³-hybridized carbons (Fsp3) is 0.304. The minimum absolute atomic E-state index is 0.0697. The summed E-state index contributed by atoms with van der Waals surface area (Å²) in [6.45, 7) is 6.76. The van der Waals surface area contributed by atoms with E-state index in [4.69, 9.17) is 14.6 Å². The van der Waals surface area contributed by atoms with Crippen LogP contribution in [-0.4, -0.2) is 41.6 Å². The lowest BCUT2D eigenvalue weighted by atomic mass is 10.1. The summed E-state index contributed by atoms with van der Waals surface area (Å²) in [7, 11) is 0. The van der Waals surface area contributed by atoms with Crippen molar-refractivity contribution in [1.82, 2.24) is 4.90 Å². The van der Waals surface area contributed by atoms with Crippen molar-refractivity contribution in [3.63, 3.8) is 0 Å². The van der Waals surface area contributed by atoms with Gasteiger partial charge in [-0.15, -0.1) is 0 Å². The highest BCUT2D eigenvalue weighted by Gasteiger charge is 2.13. The van der Waals surface area contributed by atoms with E-state index in [-0.39, 0.29) is 5.91 Å². The number of amides is 1. The average molecular weight is 476 g/mol. The number of hydrogen-bond donors (Lipinski definition) is 1. The molecule has 2 aromatic rings. The van der Waals surface area contributed by atoms with Gasteiger partial charge < -0.3 is 19.5 Å². The van der Waals surface area contributed by atoms with Gasteiger partial charge >= 0.3 is 5.97 Å². The van der Waals surface area contributed by atoms with Crippen LogP contribution in [0.4, 0.5) is 0 Å². The summed E-state index contributed by atoms with van der Waals surface area (Å²) in [6, 6.07) is 12.9. The molecular weight excluding hydrogens is 450 g/mol. The van der Waals surface area contributed by atoms with Crippen LogP contribution in [0.2, 0.25) is 0 Å². The molecule has 2 aromatic carbocycles. The van der Waals surface area contributed by atoms with Crippen molar-refractivity contribution in [2.45, 2.75) is 27.4 Å². The summed E-state index contributed by atoms with van der Waals surface area (Å²) in [5.41, 5.74) is 2.46. The van der Waals surface area contributed by atoms with Crippen LogP contribution in [0.1, 0.15) is 31.9 Å². The van der Waals surface area contributed by atoms with Gasteiger partial charge in [0.05, 0.1) is 0 Å². The maximum absolute atomic E-state index is 12.4. The summed E-state index contributed by atoms with van der Waals surface area (Å²) in [6.07, 6.45) is 1.57. The summed E-state index contributed by atoms with van der Waals surface area (Å²) in [4.78, 5) is 25.1. The molecule has 0 aliphatic rings. The minimum atomic E-state index is -1.08. The number of carboxylic acid groups (broad SMARTS) is 1. The fourth-order valence-corrected chi connectivity index (χ4v) is 3.19. The predicted octanol–water partition coefficient (Wildman–Crippen LogP) is 4.76. The molecule has 6 nitrogen and oxygen atoms in total. The van der Waals surface area contributed by atoms with Gasteiger partial charge in [0.25, 0.3) is 0 Å². The van der Waals surface area contributed by atoms with Crippen LogP contribution in [0, 0.1) is 0 Å². The molecule has 0 saturated carbocycles. The first-order chi connectivity index (χ1) is 14.3. The van der Waals surface area contributed by atoms with Crippen LogP contribution in [0.15, 0.2) is 53.0 Å². The highest BCUT2D eigenvalue weighted by atomic mass is 79.9. The van der Waals surface area contributed by atoms with E-state index in [1.165, 1.54) is 0 Å². The van der Waals surface area contributed by atoms with Crippen molar-refractivity contribution in [2.75, 3.05) is 19.7 Å². The van der Waals surface area contributed by atoms with Gasteiger partial charge in [-0.2, -0.15) is 0 Å². The molecule has 0 radical (unpaired) electrons. The minimum Gasteiger partial charge on any atom is -0.485 e. The Hall–Kier alpha value is -2.80. The zero-order valence-electron chi connectivity index (χ0n) is 17.4. The second-order valence-electron chi connectivity index (χ2n) is 6.56. The first-order valence-electron chi connectivity index (χ1n) is 9.68. The number of likely N-dealkylation sites (N-methyl/N-ethyl adjacent to an activating group) is 1. The number of halogens is 1. The monoisotopic (exact) mass is 475 g/mol. The molecule has 0 aliphatic carbocycles. The molecule has 0 fully saturated rings. The van der Waals surface area contributed by atoms with Crippen molar-refractivity contribution in [3.8, 4) is 11.5 Å². The summed E-state index contributed by atoms with van der Waals surface area (Å²) in [5.74, 6) is -0.412. The second-order valence-corrected chi connectivity index (χ2v) is 7.42. The number of hydrogen-bond acceptors (Lipinski definition) is 4. The smallest absolute Gasteiger partial charge is 0.341 e. The Morgan fingerprint density at radius 1 is 1.07 bits per heavy atom. The van der Waals surface area contributed by atoms with Crippen LogP contribution in [0.25, 0.3) is 5.57 Å². The largest absolute Gasteiger partial charge is 0.485 e. The molecule has 160 valence electrons. The average Bonchev–Trinajstić information content (AvgIpc) is 2.72. The van der Waals surface area contributed by atoms with Gasteiger partial charge in [0.2, 0.25) is 5.91 Å². The van der Waals surface area contributed by atoms with E-state index in [2.05, 4.69) is 15.9 Å². The predicted molar refractivity (Wildman–Crippen MR) is 120 cm³/mol.